The van der Waals surface area contributed by atoms with Gasteiger partial charge in [0.2, 0.25) is 0 Å². The summed E-state index contributed by atoms with van der Waals surface area (Å²) in [4.78, 5) is 9.87. The minimum Gasteiger partial charge on any atom is -0.337 e. The van der Waals surface area contributed by atoms with Crippen LogP contribution in [-0.2, 0) is 17.9 Å². The molecule has 1 heterocycles. The van der Waals surface area contributed by atoms with Crippen molar-refractivity contribution in [1.29, 1.82) is 5.26 Å². The lowest BCUT2D eigenvalue weighted by atomic mass is 10.0. The summed E-state index contributed by atoms with van der Waals surface area (Å²) in [6.45, 7) is 0.553. The highest BCUT2D eigenvalue weighted by atomic mass is 17.2. The molecule has 0 radical (unpaired) electrons. The van der Waals surface area contributed by atoms with Gasteiger partial charge in [0.15, 0.2) is 5.75 Å². The summed E-state index contributed by atoms with van der Waals surface area (Å²) < 4.78 is 0. The van der Waals surface area contributed by atoms with E-state index < -0.39 is 0 Å². The van der Waals surface area contributed by atoms with Gasteiger partial charge in [-0.1, -0.05) is 12.5 Å². The molecule has 0 atom stereocenters. The molecule has 0 saturated carbocycles. The number of rotatable bonds is 5. The van der Waals surface area contributed by atoms with Gasteiger partial charge in [-0.05, 0) is 37.0 Å². The number of nitrogens with zero attached hydrogens (tertiary/aromatic N) is 1. The second-order valence-corrected chi connectivity index (χ2v) is 4.01. The fourth-order valence-corrected chi connectivity index (χ4v) is 1.85. The third-order valence-corrected chi connectivity index (χ3v) is 2.74. The molecule has 1 aromatic carbocycles. The Morgan fingerprint density at radius 2 is 2.19 bits per heavy atom. The van der Waals surface area contributed by atoms with Crippen molar-refractivity contribution >= 4 is 0 Å². The van der Waals surface area contributed by atoms with Crippen LogP contribution in [0.4, 0.5) is 0 Å². The summed E-state index contributed by atoms with van der Waals surface area (Å²) in [6, 6.07) is 8.36. The van der Waals surface area contributed by atoms with Crippen LogP contribution in [0.25, 0.3) is 0 Å². The van der Waals surface area contributed by atoms with Crippen molar-refractivity contribution in [2.24, 2.45) is 0 Å². The highest BCUT2D eigenvalue weighted by molar-refractivity contribution is 5.37. The monoisotopic (exact) mass is 217 g/mol. The van der Waals surface area contributed by atoms with Crippen molar-refractivity contribution in [1.82, 2.24) is 0 Å². The van der Waals surface area contributed by atoms with Crippen molar-refractivity contribution < 1.29 is 9.78 Å². The van der Waals surface area contributed by atoms with Crippen LogP contribution in [0.15, 0.2) is 18.2 Å². The predicted octanol–water partition coefficient (Wildman–Crippen LogP) is 3.14. The molecule has 1 aliphatic heterocycles. The maximum Gasteiger partial charge on any atom is 0.171 e. The zero-order valence-electron chi connectivity index (χ0n) is 9.24. The third kappa shape index (κ3) is 2.74. The van der Waals surface area contributed by atoms with E-state index in [1.807, 2.05) is 6.07 Å². The molecule has 3 heteroatoms. The standard InChI is InChI=1S/C13H15NO2/c14-8-4-2-1-3-5-11-6-7-13-12(9-11)10-15-16-13/h6-7,9H,1-5,10H2. The van der Waals surface area contributed by atoms with E-state index in [2.05, 4.69) is 18.2 Å². The highest BCUT2D eigenvalue weighted by Crippen LogP contribution is 2.27. The van der Waals surface area contributed by atoms with E-state index >= 15 is 0 Å². The molecule has 0 aromatic heterocycles. The lowest BCUT2D eigenvalue weighted by Crippen LogP contribution is -1.87. The molecule has 0 unspecified atom stereocenters. The van der Waals surface area contributed by atoms with Gasteiger partial charge < -0.3 is 4.89 Å². The van der Waals surface area contributed by atoms with Gasteiger partial charge >= 0.3 is 0 Å². The van der Waals surface area contributed by atoms with Gasteiger partial charge in [-0.25, -0.2) is 0 Å². The fourth-order valence-electron chi connectivity index (χ4n) is 1.85. The largest absolute Gasteiger partial charge is 0.337 e. The molecule has 0 fully saturated rings. The number of fused-ring (bicyclic) bond motifs is 1. The molecule has 0 spiro atoms. The molecular weight excluding hydrogens is 202 g/mol. The van der Waals surface area contributed by atoms with Crippen LogP contribution in [0.3, 0.4) is 0 Å². The molecule has 0 saturated heterocycles. The van der Waals surface area contributed by atoms with Gasteiger partial charge in [-0.2, -0.15) is 10.1 Å². The van der Waals surface area contributed by atoms with E-state index in [-0.39, 0.29) is 0 Å². The smallest absolute Gasteiger partial charge is 0.171 e. The second kappa shape index (κ2) is 5.53. The van der Waals surface area contributed by atoms with Gasteiger partial charge in [0.05, 0.1) is 6.07 Å². The van der Waals surface area contributed by atoms with Crippen LogP contribution in [0.5, 0.6) is 5.75 Å². The molecule has 0 N–H and O–H groups in total. The molecule has 0 amide bonds. The minimum absolute atomic E-state index is 0.553. The summed E-state index contributed by atoms with van der Waals surface area (Å²) in [5, 5.41) is 8.41. The maximum atomic E-state index is 8.41. The van der Waals surface area contributed by atoms with Crippen molar-refractivity contribution in [2.75, 3.05) is 0 Å². The van der Waals surface area contributed by atoms with Gasteiger partial charge in [0, 0.05) is 12.0 Å². The Hall–Kier alpha value is -1.53. The van der Waals surface area contributed by atoms with E-state index in [1.165, 1.54) is 5.56 Å². The number of nitriles is 1. The molecule has 1 aromatic rings. The fraction of sp³-hybridized carbons (Fsp3) is 0.462. The Balaban J connectivity index is 1.80. The van der Waals surface area contributed by atoms with Gasteiger partial charge in [0.25, 0.3) is 0 Å². The van der Waals surface area contributed by atoms with Gasteiger partial charge in [-0.3, -0.25) is 0 Å². The third-order valence-electron chi connectivity index (χ3n) is 2.74. The minimum atomic E-state index is 0.553. The Bertz CT molecular complexity index is 395. The van der Waals surface area contributed by atoms with E-state index in [0.717, 1.165) is 37.0 Å². The highest BCUT2D eigenvalue weighted by Gasteiger charge is 2.13. The van der Waals surface area contributed by atoms with Crippen LogP contribution in [-0.4, -0.2) is 0 Å². The topological polar surface area (TPSA) is 42.2 Å². The molecule has 1 aliphatic rings. The van der Waals surface area contributed by atoms with Crippen LogP contribution in [0, 0.1) is 11.3 Å². The normalized spacial score (nSPS) is 12.9. The number of hydrogen-bond acceptors (Lipinski definition) is 3. The lowest BCUT2D eigenvalue weighted by Gasteiger charge is -2.02. The number of hydrogen-bond donors (Lipinski definition) is 0. The molecule has 3 nitrogen and oxygen atoms in total. The van der Waals surface area contributed by atoms with Crippen LogP contribution < -0.4 is 4.89 Å². The summed E-state index contributed by atoms with van der Waals surface area (Å²) >= 11 is 0. The number of unbranched alkanes of at least 4 members (excludes halogenated alkanes) is 3. The molecule has 0 aliphatic carbocycles. The predicted molar refractivity (Wildman–Crippen MR) is 59.6 cm³/mol. The van der Waals surface area contributed by atoms with Crippen LogP contribution in [0.2, 0.25) is 0 Å². The number of aryl methyl sites for hydroxylation is 1. The Morgan fingerprint density at radius 1 is 1.25 bits per heavy atom. The SMILES string of the molecule is N#CCCCCCc1ccc2c(c1)COO2. The summed E-state index contributed by atoms with van der Waals surface area (Å²) in [6.07, 6.45) is 5.01. The lowest BCUT2D eigenvalue weighted by molar-refractivity contribution is -0.194. The summed E-state index contributed by atoms with van der Waals surface area (Å²) in [5.41, 5.74) is 2.46. The van der Waals surface area contributed by atoms with Crippen LogP contribution in [0.1, 0.15) is 36.8 Å². The number of benzene rings is 1. The van der Waals surface area contributed by atoms with E-state index in [9.17, 15) is 0 Å². The summed E-state index contributed by atoms with van der Waals surface area (Å²) in [7, 11) is 0. The summed E-state index contributed by atoms with van der Waals surface area (Å²) in [5.74, 6) is 0.841. The van der Waals surface area contributed by atoms with Crippen molar-refractivity contribution in [3.8, 4) is 11.8 Å². The first kappa shape index (κ1) is 11.0. The average Bonchev–Trinajstić information content (AvgIpc) is 2.76. The van der Waals surface area contributed by atoms with Crippen molar-refractivity contribution in [3.63, 3.8) is 0 Å². The second-order valence-electron chi connectivity index (χ2n) is 4.01. The van der Waals surface area contributed by atoms with Crippen LogP contribution >= 0.6 is 0 Å². The molecule has 0 bridgehead atoms. The Labute approximate surface area is 95.5 Å². The van der Waals surface area contributed by atoms with E-state index in [0.29, 0.717) is 13.0 Å². The van der Waals surface area contributed by atoms with Crippen molar-refractivity contribution in [2.45, 2.75) is 38.7 Å². The maximum absolute atomic E-state index is 8.41. The quantitative estimate of drug-likeness (QED) is 0.562. The molecular formula is C13H15NO2. The van der Waals surface area contributed by atoms with Crippen molar-refractivity contribution in [3.05, 3.63) is 29.3 Å². The first-order valence-electron chi connectivity index (χ1n) is 5.68. The van der Waals surface area contributed by atoms with E-state index in [1.54, 1.807) is 0 Å². The zero-order chi connectivity index (χ0) is 11.2. The average molecular weight is 217 g/mol. The Kier molecular flexibility index (Phi) is 3.79. The molecule has 2 rings (SSSR count). The first-order valence-corrected chi connectivity index (χ1v) is 5.68. The van der Waals surface area contributed by atoms with Gasteiger partial charge in [-0.15, -0.1) is 0 Å². The molecule has 84 valence electrons. The Morgan fingerprint density at radius 3 is 3.06 bits per heavy atom. The molecule has 16 heavy (non-hydrogen) atoms. The first-order chi connectivity index (χ1) is 7.90. The van der Waals surface area contributed by atoms with Gasteiger partial charge in [0.1, 0.15) is 6.61 Å². The van der Waals surface area contributed by atoms with E-state index in [4.69, 9.17) is 15.0 Å². The zero-order valence-corrected chi connectivity index (χ0v) is 9.24.